The first-order chi connectivity index (χ1) is 7.07. The van der Waals surface area contributed by atoms with Gasteiger partial charge in [-0.15, -0.1) is 0 Å². The molecule has 1 aromatic carbocycles. The second-order valence-corrected chi connectivity index (χ2v) is 5.90. The molecule has 0 saturated heterocycles. The van der Waals surface area contributed by atoms with Crippen molar-refractivity contribution in [3.05, 3.63) is 29.3 Å². The van der Waals surface area contributed by atoms with E-state index in [1.807, 2.05) is 0 Å². The normalized spacial score (nSPS) is 10.8. The molecular formula is C13H19NW. The number of benzene rings is 1. The fraction of sp³-hybridized carbons (Fsp3) is 0.462. The van der Waals surface area contributed by atoms with Crippen LogP contribution in [0.25, 0.3) is 0 Å². The third-order valence-corrected chi connectivity index (χ3v) is 3.62. The molecule has 0 bridgehead atoms. The summed E-state index contributed by atoms with van der Waals surface area (Å²) in [5, 5.41) is 0. The van der Waals surface area contributed by atoms with Crippen molar-refractivity contribution in [2.75, 3.05) is 0 Å². The van der Waals surface area contributed by atoms with E-state index in [1.54, 1.807) is 0 Å². The van der Waals surface area contributed by atoms with Gasteiger partial charge in [0.05, 0.1) is 0 Å². The zero-order chi connectivity index (χ0) is 11.4. The number of rotatable bonds is 3. The molecule has 1 nitrogen and oxygen atoms in total. The minimum atomic E-state index is -0.742. The third-order valence-electron chi connectivity index (χ3n) is 2.50. The van der Waals surface area contributed by atoms with Gasteiger partial charge in [0.25, 0.3) is 0 Å². The topological polar surface area (TPSA) is 12.4 Å². The Hall–Kier alpha value is -0.422. The summed E-state index contributed by atoms with van der Waals surface area (Å²) < 4.78 is 4.70. The molecule has 0 aliphatic carbocycles. The van der Waals surface area contributed by atoms with E-state index in [4.69, 9.17) is 3.50 Å². The first kappa shape index (κ1) is 12.6. The van der Waals surface area contributed by atoms with E-state index in [-0.39, 0.29) is 0 Å². The summed E-state index contributed by atoms with van der Waals surface area (Å²) in [4.78, 5) is 3.98. The van der Waals surface area contributed by atoms with Crippen molar-refractivity contribution in [2.24, 2.45) is 3.50 Å². The Bertz CT molecular complexity index is 361. The Kier molecular flexibility index (Phi) is 4.73. The van der Waals surface area contributed by atoms with Gasteiger partial charge < -0.3 is 0 Å². The molecule has 15 heavy (non-hydrogen) atoms. The Labute approximate surface area is 101 Å². The van der Waals surface area contributed by atoms with Gasteiger partial charge in [-0.1, -0.05) is 0 Å². The predicted molar refractivity (Wildman–Crippen MR) is 63.8 cm³/mol. The quantitative estimate of drug-likeness (QED) is 0.751. The van der Waals surface area contributed by atoms with E-state index in [0.29, 0.717) is 11.8 Å². The van der Waals surface area contributed by atoms with E-state index in [2.05, 4.69) is 50.8 Å². The van der Waals surface area contributed by atoms with Gasteiger partial charge in [0.1, 0.15) is 0 Å². The first-order valence-corrected chi connectivity index (χ1v) is 8.71. The van der Waals surface area contributed by atoms with Crippen LogP contribution in [0, 0.1) is 0 Å². The molecule has 0 amide bonds. The van der Waals surface area contributed by atoms with Crippen LogP contribution in [0.4, 0.5) is 5.69 Å². The van der Waals surface area contributed by atoms with Gasteiger partial charge in [-0.3, -0.25) is 0 Å². The molecule has 0 saturated carbocycles. The Morgan fingerprint density at radius 1 is 1.07 bits per heavy atom. The van der Waals surface area contributed by atoms with E-state index >= 15 is 0 Å². The molecule has 0 atom stereocenters. The molecule has 0 aliphatic heterocycles. The minimum absolute atomic E-state index is 0.549. The van der Waals surface area contributed by atoms with Crippen LogP contribution >= 0.6 is 0 Å². The molecule has 0 spiro atoms. The molecule has 2 heteroatoms. The van der Waals surface area contributed by atoms with Gasteiger partial charge in [0, 0.05) is 0 Å². The number of hydrogen-bond donors (Lipinski definition) is 0. The van der Waals surface area contributed by atoms with E-state index in [1.165, 1.54) is 16.8 Å². The van der Waals surface area contributed by atoms with Crippen molar-refractivity contribution in [1.82, 2.24) is 0 Å². The summed E-state index contributed by atoms with van der Waals surface area (Å²) in [6.45, 7) is 8.91. The van der Waals surface area contributed by atoms with Crippen molar-refractivity contribution < 1.29 is 17.9 Å². The Morgan fingerprint density at radius 3 is 1.87 bits per heavy atom. The van der Waals surface area contributed by atoms with Gasteiger partial charge in [-0.2, -0.15) is 0 Å². The maximum atomic E-state index is 4.70. The van der Waals surface area contributed by atoms with Gasteiger partial charge in [0.2, 0.25) is 0 Å². The predicted octanol–water partition coefficient (Wildman–Crippen LogP) is 4.26. The fourth-order valence-electron chi connectivity index (χ4n) is 1.68. The summed E-state index contributed by atoms with van der Waals surface area (Å²) in [6, 6.07) is 6.55. The molecule has 0 N–H and O–H groups in total. The first-order valence-electron chi connectivity index (χ1n) is 5.33. The average molecular weight is 373 g/mol. The van der Waals surface area contributed by atoms with Crippen LogP contribution in [-0.4, -0.2) is 4.90 Å². The van der Waals surface area contributed by atoms with Crippen molar-refractivity contribution in [3.63, 3.8) is 0 Å². The van der Waals surface area contributed by atoms with Crippen molar-refractivity contribution >= 4 is 10.6 Å². The molecule has 82 valence electrons. The van der Waals surface area contributed by atoms with Crippen molar-refractivity contribution in [3.8, 4) is 0 Å². The molecule has 1 rings (SSSR count). The van der Waals surface area contributed by atoms with Crippen LogP contribution in [0.1, 0.15) is 50.7 Å². The molecule has 0 unspecified atom stereocenters. The van der Waals surface area contributed by atoms with E-state index < -0.39 is 17.9 Å². The zero-order valence-corrected chi connectivity index (χ0v) is 12.9. The molecule has 1 aromatic rings. The van der Waals surface area contributed by atoms with Crippen LogP contribution < -0.4 is 0 Å². The average Bonchev–Trinajstić information content (AvgIpc) is 2.17. The molecule has 0 fully saturated rings. The molecule has 0 aromatic heterocycles. The molecule has 0 aliphatic rings. The number of nitrogens with zero attached hydrogens (tertiary/aromatic N) is 1. The van der Waals surface area contributed by atoms with E-state index in [9.17, 15) is 0 Å². The van der Waals surface area contributed by atoms with Crippen LogP contribution in [0.3, 0.4) is 0 Å². The standard InChI is InChI=1S/C12H17N.CH2.W/c1-8(2)10-6-5-7-11(9(3)4)12(10)13;;/h5-9H,1-4H3;1H2;. The summed E-state index contributed by atoms with van der Waals surface area (Å²) in [5.74, 6) is 1.10. The summed E-state index contributed by atoms with van der Waals surface area (Å²) in [7, 11) is 0. The monoisotopic (exact) mass is 373 g/mol. The second kappa shape index (κ2) is 5.60. The van der Waals surface area contributed by atoms with Gasteiger partial charge in [0.15, 0.2) is 0 Å². The van der Waals surface area contributed by atoms with Crippen molar-refractivity contribution in [2.45, 2.75) is 39.5 Å². The van der Waals surface area contributed by atoms with Crippen LogP contribution in [0.15, 0.2) is 21.7 Å². The van der Waals surface area contributed by atoms with Crippen LogP contribution in [0.5, 0.6) is 0 Å². The van der Waals surface area contributed by atoms with Crippen LogP contribution in [0.2, 0.25) is 0 Å². The fourth-order valence-corrected chi connectivity index (χ4v) is 2.90. The summed E-state index contributed by atoms with van der Waals surface area (Å²) >= 11 is -0.742. The SMILES string of the molecule is [CH2]=[W]=[N]c1c(C(C)C)cccc1C(C)C. The Balaban J connectivity index is 3.41. The van der Waals surface area contributed by atoms with Gasteiger partial charge in [-0.25, -0.2) is 0 Å². The Morgan fingerprint density at radius 2 is 1.53 bits per heavy atom. The third kappa shape index (κ3) is 3.01. The van der Waals surface area contributed by atoms with Gasteiger partial charge in [-0.05, 0) is 0 Å². The number of hydrogen-bond acceptors (Lipinski definition) is 1. The van der Waals surface area contributed by atoms with Gasteiger partial charge >= 0.3 is 101 Å². The molecular weight excluding hydrogens is 354 g/mol. The van der Waals surface area contributed by atoms with Crippen LogP contribution in [-0.2, 0) is 17.9 Å². The molecule has 0 heterocycles. The molecule has 0 radical (unpaired) electrons. The summed E-state index contributed by atoms with van der Waals surface area (Å²) in [5.41, 5.74) is 4.00. The van der Waals surface area contributed by atoms with E-state index in [0.717, 1.165) is 0 Å². The van der Waals surface area contributed by atoms with Crippen molar-refractivity contribution in [1.29, 1.82) is 0 Å². The maximum absolute atomic E-state index is 4.70. The summed E-state index contributed by atoms with van der Waals surface area (Å²) in [6.07, 6.45) is 0. The zero-order valence-electron chi connectivity index (χ0n) is 9.95. The second-order valence-electron chi connectivity index (χ2n) is 4.31.